The summed E-state index contributed by atoms with van der Waals surface area (Å²) >= 11 is 0. The summed E-state index contributed by atoms with van der Waals surface area (Å²) in [5.41, 5.74) is 1.37. The second kappa shape index (κ2) is 8.24. The first kappa shape index (κ1) is 20.0. The highest BCUT2D eigenvalue weighted by Gasteiger charge is 2.46. The normalized spacial score (nSPS) is 39.8. The lowest BCUT2D eigenvalue weighted by molar-refractivity contribution is -0.136. The Morgan fingerprint density at radius 1 is 0.893 bits per heavy atom. The van der Waals surface area contributed by atoms with Crippen molar-refractivity contribution in [3.8, 4) is 0 Å². The maximum atomic E-state index is 13.2. The maximum Gasteiger partial charge on any atom is 0.137 e. The number of ketones is 3. The third-order valence-corrected chi connectivity index (χ3v) is 8.61. The van der Waals surface area contributed by atoms with Gasteiger partial charge in [0.2, 0.25) is 0 Å². The molecule has 0 aromatic rings. The minimum Gasteiger partial charge on any atom is -0.300 e. The molecular weight excluding hydrogens is 348 g/mol. The second-order valence-electron chi connectivity index (χ2n) is 10.1. The smallest absolute Gasteiger partial charge is 0.137 e. The first-order chi connectivity index (χ1) is 13.5. The van der Waals surface area contributed by atoms with E-state index >= 15 is 0 Å². The molecule has 0 aromatic carbocycles. The van der Waals surface area contributed by atoms with Crippen LogP contribution in [-0.2, 0) is 14.4 Å². The Morgan fingerprint density at radius 2 is 1.61 bits per heavy atom. The molecule has 0 heterocycles. The van der Waals surface area contributed by atoms with Gasteiger partial charge < -0.3 is 0 Å². The van der Waals surface area contributed by atoms with Crippen LogP contribution < -0.4 is 0 Å². The van der Waals surface area contributed by atoms with E-state index in [0.29, 0.717) is 24.5 Å². The molecule has 0 aliphatic heterocycles. The van der Waals surface area contributed by atoms with E-state index in [1.54, 1.807) is 6.92 Å². The molecule has 2 fully saturated rings. The number of fused-ring (bicyclic) bond motifs is 2. The van der Waals surface area contributed by atoms with E-state index in [1.807, 2.05) is 0 Å². The summed E-state index contributed by atoms with van der Waals surface area (Å²) in [5, 5.41) is 0. The monoisotopic (exact) mass is 384 g/mol. The predicted octanol–water partition coefficient (Wildman–Crippen LogP) is 5.32. The summed E-state index contributed by atoms with van der Waals surface area (Å²) < 4.78 is 0. The average molecular weight is 385 g/mol. The van der Waals surface area contributed by atoms with E-state index < -0.39 is 0 Å². The molecule has 0 aromatic heterocycles. The van der Waals surface area contributed by atoms with Crippen molar-refractivity contribution in [2.75, 3.05) is 0 Å². The number of carbonyl (C=O) groups excluding carboxylic acids is 3. The highest BCUT2D eigenvalue weighted by Crippen LogP contribution is 2.48. The molecule has 154 valence electrons. The number of hydrogen-bond donors (Lipinski definition) is 0. The zero-order chi connectivity index (χ0) is 19.8. The minimum absolute atomic E-state index is 0.145. The molecule has 28 heavy (non-hydrogen) atoms. The quantitative estimate of drug-likeness (QED) is 0.582. The Bertz CT molecular complexity index is 673. The van der Waals surface area contributed by atoms with Gasteiger partial charge in [0.15, 0.2) is 0 Å². The fourth-order valence-corrected chi connectivity index (χ4v) is 7.23. The van der Waals surface area contributed by atoms with E-state index in [0.717, 1.165) is 25.2 Å². The van der Waals surface area contributed by atoms with Gasteiger partial charge in [0.25, 0.3) is 0 Å². The molecule has 0 radical (unpaired) electrons. The lowest BCUT2D eigenvalue weighted by Crippen LogP contribution is -2.40. The van der Waals surface area contributed by atoms with Crippen LogP contribution in [0.2, 0.25) is 0 Å². The number of hydrogen-bond acceptors (Lipinski definition) is 3. The van der Waals surface area contributed by atoms with Gasteiger partial charge in [-0.1, -0.05) is 50.7 Å². The van der Waals surface area contributed by atoms with E-state index in [4.69, 9.17) is 0 Å². The molecule has 2 saturated carbocycles. The van der Waals surface area contributed by atoms with Crippen molar-refractivity contribution in [2.45, 2.75) is 84.5 Å². The number of Topliss-reactive ketones (excluding diaryl/α,β-unsaturated/α-hetero) is 3. The largest absolute Gasteiger partial charge is 0.300 e. The van der Waals surface area contributed by atoms with Crippen LogP contribution in [0, 0.1) is 41.4 Å². The van der Waals surface area contributed by atoms with Gasteiger partial charge in [0.1, 0.15) is 17.3 Å². The van der Waals surface area contributed by atoms with Gasteiger partial charge in [0.05, 0.1) is 0 Å². The Morgan fingerprint density at radius 3 is 2.39 bits per heavy atom. The molecule has 0 saturated heterocycles. The average Bonchev–Trinajstić information content (AvgIpc) is 3.13. The minimum atomic E-state index is -0.194. The van der Waals surface area contributed by atoms with Crippen molar-refractivity contribution < 1.29 is 14.4 Å². The first-order valence-electron chi connectivity index (χ1n) is 11.7. The standard InChI is InChI=1S/C25H36O3/c1-15-18-10-11-19(14-18)25(24(15)16(2)26)23(28)13-12-22(27)21-9-5-7-17-6-3-4-8-20(17)21/h14-15,17,19-21,24-25H,3-13H2,1-2H3. The first-order valence-corrected chi connectivity index (χ1v) is 11.7. The number of rotatable bonds is 6. The molecule has 4 aliphatic carbocycles. The molecule has 3 heteroatoms. The molecule has 4 rings (SSSR count). The van der Waals surface area contributed by atoms with Gasteiger partial charge in [-0.25, -0.2) is 0 Å². The van der Waals surface area contributed by atoms with E-state index in [9.17, 15) is 14.4 Å². The van der Waals surface area contributed by atoms with Crippen molar-refractivity contribution in [1.29, 1.82) is 0 Å². The van der Waals surface area contributed by atoms with E-state index in [-0.39, 0.29) is 41.2 Å². The van der Waals surface area contributed by atoms with E-state index in [1.165, 1.54) is 44.1 Å². The van der Waals surface area contributed by atoms with Crippen LogP contribution in [-0.4, -0.2) is 17.3 Å². The maximum absolute atomic E-state index is 13.2. The summed E-state index contributed by atoms with van der Waals surface area (Å²) in [4.78, 5) is 38.6. The lowest BCUT2D eigenvalue weighted by Gasteiger charge is -2.40. The number of allylic oxidation sites excluding steroid dienone is 2. The second-order valence-corrected chi connectivity index (χ2v) is 10.1. The van der Waals surface area contributed by atoms with Gasteiger partial charge in [-0.15, -0.1) is 0 Å². The Kier molecular flexibility index (Phi) is 5.90. The van der Waals surface area contributed by atoms with Crippen LogP contribution in [0.3, 0.4) is 0 Å². The molecule has 7 unspecified atom stereocenters. The summed E-state index contributed by atoms with van der Waals surface area (Å²) in [6.07, 6.45) is 13.6. The highest BCUT2D eigenvalue weighted by atomic mass is 16.1. The lowest BCUT2D eigenvalue weighted by atomic mass is 9.63. The van der Waals surface area contributed by atoms with E-state index in [2.05, 4.69) is 13.0 Å². The summed E-state index contributed by atoms with van der Waals surface area (Å²) in [7, 11) is 0. The predicted molar refractivity (Wildman–Crippen MR) is 110 cm³/mol. The third kappa shape index (κ3) is 3.66. The fraction of sp³-hybridized carbons (Fsp3) is 0.800. The molecule has 0 N–H and O–H groups in total. The van der Waals surface area contributed by atoms with Crippen LogP contribution in [0.15, 0.2) is 11.6 Å². The third-order valence-electron chi connectivity index (χ3n) is 8.61. The number of carbonyl (C=O) groups is 3. The molecule has 0 spiro atoms. The van der Waals surface area contributed by atoms with Crippen molar-refractivity contribution in [3.63, 3.8) is 0 Å². The van der Waals surface area contributed by atoms with Crippen molar-refractivity contribution in [3.05, 3.63) is 11.6 Å². The molecule has 2 bridgehead atoms. The van der Waals surface area contributed by atoms with Crippen molar-refractivity contribution in [2.24, 2.45) is 41.4 Å². The molecule has 4 aliphatic rings. The Hall–Kier alpha value is -1.25. The SMILES string of the molecule is CC(=O)C1C(C)C2=CC(CC2)C1C(=O)CCC(=O)C1CCCC2CCCCC21. The van der Waals surface area contributed by atoms with Crippen LogP contribution in [0.4, 0.5) is 0 Å². The molecule has 3 nitrogen and oxygen atoms in total. The Labute approximate surface area is 169 Å². The van der Waals surface area contributed by atoms with Crippen LogP contribution >= 0.6 is 0 Å². The molecule has 7 atom stereocenters. The molecule has 0 amide bonds. The topological polar surface area (TPSA) is 51.2 Å². The summed E-state index contributed by atoms with van der Waals surface area (Å²) in [5.74, 6) is 2.19. The van der Waals surface area contributed by atoms with Crippen molar-refractivity contribution in [1.82, 2.24) is 0 Å². The van der Waals surface area contributed by atoms with Crippen LogP contribution in [0.25, 0.3) is 0 Å². The van der Waals surface area contributed by atoms with Gasteiger partial charge >= 0.3 is 0 Å². The zero-order valence-corrected chi connectivity index (χ0v) is 17.6. The van der Waals surface area contributed by atoms with Crippen LogP contribution in [0.5, 0.6) is 0 Å². The Balaban J connectivity index is 1.40. The summed E-state index contributed by atoms with van der Waals surface area (Å²) in [6, 6.07) is 0. The molecular formula is C25H36O3. The fourth-order valence-electron chi connectivity index (χ4n) is 7.23. The highest BCUT2D eigenvalue weighted by molar-refractivity contribution is 5.93. The van der Waals surface area contributed by atoms with Gasteiger partial charge in [-0.3, -0.25) is 14.4 Å². The zero-order valence-electron chi connectivity index (χ0n) is 17.6. The van der Waals surface area contributed by atoms with Gasteiger partial charge in [-0.2, -0.15) is 0 Å². The van der Waals surface area contributed by atoms with Crippen molar-refractivity contribution >= 4 is 17.3 Å². The summed E-state index contributed by atoms with van der Waals surface area (Å²) in [6.45, 7) is 3.75. The van der Waals surface area contributed by atoms with Crippen LogP contribution in [0.1, 0.15) is 84.5 Å². The van der Waals surface area contributed by atoms with Gasteiger partial charge in [-0.05, 0) is 56.3 Å². The van der Waals surface area contributed by atoms with Gasteiger partial charge in [0, 0.05) is 30.6 Å².